The lowest BCUT2D eigenvalue weighted by molar-refractivity contribution is 0.0993. The third-order valence-electron chi connectivity index (χ3n) is 2.51. The normalized spacial score (nSPS) is 10.9. The molecule has 0 spiro atoms. The van der Waals surface area contributed by atoms with Crippen LogP contribution in [0.5, 0.6) is 11.5 Å². The molecule has 0 aliphatic carbocycles. The number of nitrogens with zero attached hydrogens (tertiary/aromatic N) is 1. The van der Waals surface area contributed by atoms with E-state index in [1.165, 1.54) is 0 Å². The van der Waals surface area contributed by atoms with E-state index in [0.717, 1.165) is 0 Å². The first-order valence-corrected chi connectivity index (χ1v) is 6.06. The standard InChI is InChI=1S/C13H13ClN2O3/c1-6(2)19-7-3-4-8-9(5-7)12(14)16-10(11(8)17)13(15)18/h3-6,17H,1-2H3,(H2,15,18). The van der Waals surface area contributed by atoms with Crippen molar-refractivity contribution in [3.63, 3.8) is 0 Å². The summed E-state index contributed by atoms with van der Waals surface area (Å²) in [6, 6.07) is 4.96. The molecule has 0 unspecified atom stereocenters. The van der Waals surface area contributed by atoms with E-state index in [4.69, 9.17) is 22.1 Å². The van der Waals surface area contributed by atoms with Crippen LogP contribution in [0.25, 0.3) is 10.8 Å². The molecule has 3 N–H and O–H groups in total. The molecular weight excluding hydrogens is 268 g/mol. The molecule has 1 heterocycles. The molecule has 5 nitrogen and oxygen atoms in total. The Labute approximate surface area is 115 Å². The molecule has 0 aliphatic heterocycles. The first kappa shape index (κ1) is 13.4. The zero-order chi connectivity index (χ0) is 14.2. The second-order valence-corrected chi connectivity index (χ2v) is 4.70. The van der Waals surface area contributed by atoms with Gasteiger partial charge >= 0.3 is 0 Å². The predicted octanol–water partition coefficient (Wildman–Crippen LogP) is 2.48. The molecule has 0 saturated carbocycles. The van der Waals surface area contributed by atoms with Crippen molar-refractivity contribution in [2.24, 2.45) is 5.73 Å². The Balaban J connectivity index is 2.65. The van der Waals surface area contributed by atoms with E-state index in [1.54, 1.807) is 18.2 Å². The van der Waals surface area contributed by atoms with Gasteiger partial charge in [-0.05, 0) is 32.0 Å². The van der Waals surface area contributed by atoms with Gasteiger partial charge in [0.05, 0.1) is 6.10 Å². The van der Waals surface area contributed by atoms with Crippen LogP contribution in [0.3, 0.4) is 0 Å². The molecule has 0 bridgehead atoms. The zero-order valence-electron chi connectivity index (χ0n) is 10.5. The average molecular weight is 281 g/mol. The van der Waals surface area contributed by atoms with Crippen molar-refractivity contribution in [3.05, 3.63) is 29.0 Å². The Morgan fingerprint density at radius 2 is 2.11 bits per heavy atom. The first-order valence-electron chi connectivity index (χ1n) is 5.69. The number of aromatic hydroxyl groups is 1. The second kappa shape index (κ2) is 4.93. The fourth-order valence-corrected chi connectivity index (χ4v) is 2.00. The summed E-state index contributed by atoms with van der Waals surface area (Å²) in [5.41, 5.74) is 4.88. The molecule has 19 heavy (non-hydrogen) atoms. The fourth-order valence-electron chi connectivity index (χ4n) is 1.76. The second-order valence-electron chi connectivity index (χ2n) is 4.34. The third-order valence-corrected chi connectivity index (χ3v) is 2.80. The van der Waals surface area contributed by atoms with Crippen LogP contribution < -0.4 is 10.5 Å². The van der Waals surface area contributed by atoms with Crippen LogP contribution in [-0.2, 0) is 0 Å². The van der Waals surface area contributed by atoms with Gasteiger partial charge in [-0.1, -0.05) is 11.6 Å². The van der Waals surface area contributed by atoms with Crippen LogP contribution >= 0.6 is 11.6 Å². The van der Waals surface area contributed by atoms with Crippen LogP contribution in [0.2, 0.25) is 5.15 Å². The monoisotopic (exact) mass is 280 g/mol. The number of carbonyl (C=O) groups excluding carboxylic acids is 1. The van der Waals surface area contributed by atoms with Gasteiger partial charge in [0.15, 0.2) is 11.4 Å². The summed E-state index contributed by atoms with van der Waals surface area (Å²) in [5.74, 6) is -0.496. The van der Waals surface area contributed by atoms with Crippen molar-refractivity contribution < 1.29 is 14.6 Å². The van der Waals surface area contributed by atoms with Gasteiger partial charge in [0, 0.05) is 10.8 Å². The molecular formula is C13H13ClN2O3. The number of carbonyl (C=O) groups is 1. The van der Waals surface area contributed by atoms with E-state index >= 15 is 0 Å². The number of hydrogen-bond acceptors (Lipinski definition) is 4. The van der Waals surface area contributed by atoms with Crippen molar-refractivity contribution in [3.8, 4) is 11.5 Å². The number of rotatable bonds is 3. The Bertz CT molecular complexity index is 656. The minimum atomic E-state index is -0.830. The van der Waals surface area contributed by atoms with Gasteiger partial charge in [0.2, 0.25) is 0 Å². The summed E-state index contributed by atoms with van der Waals surface area (Å²) < 4.78 is 5.54. The van der Waals surface area contributed by atoms with Crippen molar-refractivity contribution in [2.75, 3.05) is 0 Å². The maximum Gasteiger partial charge on any atom is 0.271 e. The number of benzene rings is 1. The van der Waals surface area contributed by atoms with Gasteiger partial charge in [0.25, 0.3) is 5.91 Å². The highest BCUT2D eigenvalue weighted by Gasteiger charge is 2.16. The van der Waals surface area contributed by atoms with Gasteiger partial charge in [-0.3, -0.25) is 4.79 Å². The Morgan fingerprint density at radius 1 is 1.42 bits per heavy atom. The van der Waals surface area contributed by atoms with Crippen molar-refractivity contribution in [2.45, 2.75) is 20.0 Å². The van der Waals surface area contributed by atoms with Crippen LogP contribution in [0.4, 0.5) is 0 Å². The van der Waals surface area contributed by atoms with Crippen molar-refractivity contribution in [1.82, 2.24) is 4.98 Å². The zero-order valence-corrected chi connectivity index (χ0v) is 11.2. The lowest BCUT2D eigenvalue weighted by Crippen LogP contribution is -2.13. The van der Waals surface area contributed by atoms with E-state index in [9.17, 15) is 9.90 Å². The number of halogens is 1. The minimum Gasteiger partial charge on any atom is -0.505 e. The number of pyridine rings is 1. The van der Waals surface area contributed by atoms with Crippen LogP contribution in [0.1, 0.15) is 24.3 Å². The summed E-state index contributed by atoms with van der Waals surface area (Å²) in [6.45, 7) is 3.80. The van der Waals surface area contributed by atoms with Crippen molar-refractivity contribution in [1.29, 1.82) is 0 Å². The third kappa shape index (κ3) is 2.56. The minimum absolute atomic E-state index is 0.0164. The molecule has 2 rings (SSSR count). The molecule has 1 aromatic heterocycles. The van der Waals surface area contributed by atoms with Gasteiger partial charge in [-0.15, -0.1) is 0 Å². The Kier molecular flexibility index (Phi) is 3.48. The summed E-state index contributed by atoms with van der Waals surface area (Å²) in [5, 5.41) is 11.0. The number of fused-ring (bicyclic) bond motifs is 1. The van der Waals surface area contributed by atoms with Gasteiger partial charge in [-0.2, -0.15) is 0 Å². The average Bonchev–Trinajstić information content (AvgIpc) is 2.32. The Morgan fingerprint density at radius 3 is 2.68 bits per heavy atom. The predicted molar refractivity (Wildman–Crippen MR) is 72.7 cm³/mol. The van der Waals surface area contributed by atoms with Crippen LogP contribution in [-0.4, -0.2) is 22.1 Å². The number of amides is 1. The molecule has 0 atom stereocenters. The molecule has 1 amide bonds. The molecule has 0 radical (unpaired) electrons. The van der Waals surface area contributed by atoms with E-state index in [-0.39, 0.29) is 22.7 Å². The highest BCUT2D eigenvalue weighted by molar-refractivity contribution is 6.35. The molecule has 6 heteroatoms. The lowest BCUT2D eigenvalue weighted by atomic mass is 10.1. The number of hydrogen-bond donors (Lipinski definition) is 2. The van der Waals surface area contributed by atoms with Gasteiger partial charge in [-0.25, -0.2) is 4.98 Å². The fraction of sp³-hybridized carbons (Fsp3) is 0.231. The molecule has 100 valence electrons. The maximum atomic E-state index is 11.1. The molecule has 2 aromatic rings. The number of ether oxygens (including phenoxy) is 1. The summed E-state index contributed by atoms with van der Waals surface area (Å²) in [4.78, 5) is 15.0. The topological polar surface area (TPSA) is 85.4 Å². The highest BCUT2D eigenvalue weighted by Crippen LogP contribution is 2.34. The quantitative estimate of drug-likeness (QED) is 0.846. The summed E-state index contributed by atoms with van der Waals surface area (Å²) in [6.07, 6.45) is 0.0164. The summed E-state index contributed by atoms with van der Waals surface area (Å²) >= 11 is 6.00. The number of primary amides is 1. The van der Waals surface area contributed by atoms with E-state index in [0.29, 0.717) is 16.5 Å². The van der Waals surface area contributed by atoms with E-state index < -0.39 is 5.91 Å². The van der Waals surface area contributed by atoms with E-state index in [2.05, 4.69) is 4.98 Å². The van der Waals surface area contributed by atoms with E-state index in [1.807, 2.05) is 13.8 Å². The first-order chi connectivity index (χ1) is 8.90. The van der Waals surface area contributed by atoms with Crippen molar-refractivity contribution >= 4 is 28.3 Å². The van der Waals surface area contributed by atoms with Crippen LogP contribution in [0, 0.1) is 0 Å². The van der Waals surface area contributed by atoms with Gasteiger partial charge < -0.3 is 15.6 Å². The highest BCUT2D eigenvalue weighted by atomic mass is 35.5. The molecule has 0 fully saturated rings. The molecule has 1 aromatic carbocycles. The maximum absolute atomic E-state index is 11.1. The summed E-state index contributed by atoms with van der Waals surface area (Å²) in [7, 11) is 0. The SMILES string of the molecule is CC(C)Oc1ccc2c(O)c(C(N)=O)nc(Cl)c2c1. The Hall–Kier alpha value is -2.01. The smallest absolute Gasteiger partial charge is 0.271 e. The number of nitrogens with two attached hydrogens (primary N) is 1. The molecule has 0 saturated heterocycles. The van der Waals surface area contributed by atoms with Gasteiger partial charge in [0.1, 0.15) is 10.9 Å². The van der Waals surface area contributed by atoms with Crippen LogP contribution in [0.15, 0.2) is 18.2 Å². The molecule has 0 aliphatic rings. The number of aromatic nitrogens is 1. The largest absolute Gasteiger partial charge is 0.505 e. The lowest BCUT2D eigenvalue weighted by Gasteiger charge is -2.12.